The third kappa shape index (κ3) is 3.23. The Labute approximate surface area is 161 Å². The summed E-state index contributed by atoms with van der Waals surface area (Å²) in [7, 11) is 0. The predicted molar refractivity (Wildman–Crippen MR) is 105 cm³/mol. The maximum atomic E-state index is 12.8. The summed E-state index contributed by atoms with van der Waals surface area (Å²) in [6.07, 6.45) is 7.46. The number of hydrogen-bond donors (Lipinski definition) is 1. The minimum absolute atomic E-state index is 0.0424. The maximum absolute atomic E-state index is 12.8. The second-order valence-corrected chi connectivity index (χ2v) is 8.10. The van der Waals surface area contributed by atoms with E-state index >= 15 is 0 Å². The molecule has 6 nitrogen and oxygen atoms in total. The molecule has 1 atom stereocenters. The first-order valence-corrected chi connectivity index (χ1v) is 10.1. The van der Waals surface area contributed by atoms with Crippen LogP contribution >= 0.6 is 11.8 Å². The average Bonchev–Trinajstić information content (AvgIpc) is 3.48. The normalized spacial score (nSPS) is 19.3. The summed E-state index contributed by atoms with van der Waals surface area (Å²) in [4.78, 5) is 16.8. The van der Waals surface area contributed by atoms with Crippen LogP contribution in [0.5, 0.6) is 0 Å². The molecule has 1 aliphatic carbocycles. The van der Waals surface area contributed by atoms with Crippen LogP contribution in [0.3, 0.4) is 0 Å². The molecule has 136 valence electrons. The Morgan fingerprint density at radius 2 is 1.85 bits per heavy atom. The molecule has 27 heavy (non-hydrogen) atoms. The monoisotopic (exact) mass is 377 g/mol. The van der Waals surface area contributed by atoms with E-state index in [1.165, 1.54) is 17.3 Å². The van der Waals surface area contributed by atoms with Gasteiger partial charge in [-0.05, 0) is 49.4 Å². The van der Waals surface area contributed by atoms with Gasteiger partial charge in [-0.15, -0.1) is 10.2 Å². The molecule has 0 spiro atoms. The maximum Gasteiger partial charge on any atom is 0.237 e. The number of rotatable bonds is 4. The smallest absolute Gasteiger partial charge is 0.237 e. The van der Waals surface area contributed by atoms with Crippen LogP contribution in [0.15, 0.2) is 53.9 Å². The standard InChI is InChI=1S/C20H19N5OS/c26-19-17(8-5-13-3-1-2-4-16(13)22-19)27-20-24-23-18(25(20)15-6-7-15)14-9-11-21-12-10-14/h1-4,9-12,15,17H,5-8H2,(H,22,26)/t17-/m1/s1. The average molecular weight is 377 g/mol. The van der Waals surface area contributed by atoms with E-state index in [2.05, 4.69) is 31.1 Å². The number of benzene rings is 1. The number of aryl methyl sites for hydroxylation is 1. The highest BCUT2D eigenvalue weighted by molar-refractivity contribution is 8.00. The molecule has 2 aromatic heterocycles. The number of hydrogen-bond acceptors (Lipinski definition) is 5. The molecule has 3 aromatic rings. The molecule has 3 heterocycles. The van der Waals surface area contributed by atoms with Crippen LogP contribution in [0.25, 0.3) is 11.4 Å². The summed E-state index contributed by atoms with van der Waals surface area (Å²) in [5, 5.41) is 12.6. The van der Waals surface area contributed by atoms with Crippen LogP contribution in [0.2, 0.25) is 0 Å². The molecule has 7 heteroatoms. The van der Waals surface area contributed by atoms with Crippen molar-refractivity contribution >= 4 is 23.4 Å². The van der Waals surface area contributed by atoms with Gasteiger partial charge in [0.1, 0.15) is 0 Å². The molecule has 1 fully saturated rings. The molecular weight excluding hydrogens is 358 g/mol. The topological polar surface area (TPSA) is 72.7 Å². The fraction of sp³-hybridized carbons (Fsp3) is 0.300. The van der Waals surface area contributed by atoms with Crippen molar-refractivity contribution in [1.29, 1.82) is 0 Å². The van der Waals surface area contributed by atoms with Crippen molar-refractivity contribution in [3.8, 4) is 11.4 Å². The molecule has 2 aliphatic rings. The van der Waals surface area contributed by atoms with Crippen LogP contribution in [0, 0.1) is 0 Å². The number of thioether (sulfide) groups is 1. The Bertz CT molecular complexity index is 983. The van der Waals surface area contributed by atoms with Gasteiger partial charge in [0, 0.05) is 29.7 Å². The fourth-order valence-electron chi connectivity index (χ4n) is 3.45. The van der Waals surface area contributed by atoms with E-state index in [1.807, 2.05) is 30.3 Å². The molecule has 1 N–H and O–H groups in total. The molecular formula is C20H19N5OS. The lowest BCUT2D eigenvalue weighted by Gasteiger charge is -2.14. The van der Waals surface area contributed by atoms with Crippen molar-refractivity contribution in [1.82, 2.24) is 19.7 Å². The molecule has 0 bridgehead atoms. The van der Waals surface area contributed by atoms with Gasteiger partial charge in [0.2, 0.25) is 5.91 Å². The number of para-hydroxylation sites is 1. The summed E-state index contributed by atoms with van der Waals surface area (Å²) in [6, 6.07) is 12.3. The summed E-state index contributed by atoms with van der Waals surface area (Å²) >= 11 is 1.53. The first-order chi connectivity index (χ1) is 13.3. The van der Waals surface area contributed by atoms with Crippen LogP contribution in [0.4, 0.5) is 5.69 Å². The lowest BCUT2D eigenvalue weighted by atomic mass is 10.1. The molecule has 1 aliphatic heterocycles. The number of carbonyl (C=O) groups excluding carboxylic acids is 1. The van der Waals surface area contributed by atoms with Gasteiger partial charge in [-0.1, -0.05) is 30.0 Å². The number of carbonyl (C=O) groups is 1. The highest BCUT2D eigenvalue weighted by Crippen LogP contribution is 2.42. The van der Waals surface area contributed by atoms with Crippen molar-refractivity contribution in [2.45, 2.75) is 42.1 Å². The summed E-state index contributed by atoms with van der Waals surface area (Å²) in [6.45, 7) is 0. The zero-order chi connectivity index (χ0) is 18.2. The van der Waals surface area contributed by atoms with Gasteiger partial charge in [-0.3, -0.25) is 14.3 Å². The molecule has 5 rings (SSSR count). The van der Waals surface area contributed by atoms with Gasteiger partial charge in [0.05, 0.1) is 5.25 Å². The number of nitrogens with zero attached hydrogens (tertiary/aromatic N) is 4. The molecule has 1 saturated carbocycles. The highest BCUT2D eigenvalue weighted by atomic mass is 32.2. The van der Waals surface area contributed by atoms with Crippen LogP contribution in [-0.2, 0) is 11.2 Å². The van der Waals surface area contributed by atoms with E-state index in [1.54, 1.807) is 12.4 Å². The molecule has 1 amide bonds. The fourth-order valence-corrected chi connectivity index (χ4v) is 4.54. The van der Waals surface area contributed by atoms with Gasteiger partial charge < -0.3 is 5.32 Å². The van der Waals surface area contributed by atoms with Gasteiger partial charge >= 0.3 is 0 Å². The number of pyridine rings is 1. The third-order valence-corrected chi connectivity index (χ3v) is 6.23. The van der Waals surface area contributed by atoms with Crippen LogP contribution < -0.4 is 5.32 Å². The van der Waals surface area contributed by atoms with Gasteiger partial charge in [-0.25, -0.2) is 0 Å². The zero-order valence-electron chi connectivity index (χ0n) is 14.7. The number of fused-ring (bicyclic) bond motifs is 1. The predicted octanol–water partition coefficient (Wildman–Crippen LogP) is 3.72. The lowest BCUT2D eigenvalue weighted by Crippen LogP contribution is -2.24. The molecule has 0 saturated heterocycles. The molecule has 1 aromatic carbocycles. The SMILES string of the molecule is O=C1Nc2ccccc2CC[C@H]1Sc1nnc(-c2ccncc2)n1C1CC1. The number of anilines is 1. The summed E-state index contributed by atoms with van der Waals surface area (Å²) < 4.78 is 2.20. The zero-order valence-corrected chi connectivity index (χ0v) is 15.5. The van der Waals surface area contributed by atoms with Crippen molar-refractivity contribution in [3.63, 3.8) is 0 Å². The van der Waals surface area contributed by atoms with Crippen LogP contribution in [-0.4, -0.2) is 30.9 Å². The summed E-state index contributed by atoms with van der Waals surface area (Å²) in [5.74, 6) is 0.903. The van der Waals surface area contributed by atoms with Crippen molar-refractivity contribution in [3.05, 3.63) is 54.4 Å². The number of nitrogens with one attached hydrogen (secondary N) is 1. The first kappa shape index (κ1) is 16.5. The minimum atomic E-state index is -0.176. The molecule has 0 unspecified atom stereocenters. The second kappa shape index (κ2) is 6.81. The Morgan fingerprint density at radius 1 is 1.04 bits per heavy atom. The van der Waals surface area contributed by atoms with Crippen LogP contribution in [0.1, 0.15) is 30.9 Å². The van der Waals surface area contributed by atoms with Gasteiger partial charge in [-0.2, -0.15) is 0 Å². The highest BCUT2D eigenvalue weighted by Gasteiger charge is 2.33. The van der Waals surface area contributed by atoms with E-state index in [4.69, 9.17) is 0 Å². The van der Waals surface area contributed by atoms with Gasteiger partial charge in [0.15, 0.2) is 11.0 Å². The van der Waals surface area contributed by atoms with Gasteiger partial charge in [0.25, 0.3) is 0 Å². The van der Waals surface area contributed by atoms with Crippen molar-refractivity contribution in [2.24, 2.45) is 0 Å². The first-order valence-electron chi connectivity index (χ1n) is 9.20. The Morgan fingerprint density at radius 3 is 2.67 bits per heavy atom. The van der Waals surface area contributed by atoms with E-state index in [9.17, 15) is 4.79 Å². The molecule has 0 radical (unpaired) electrons. The van der Waals surface area contributed by atoms with E-state index < -0.39 is 0 Å². The third-order valence-electron chi connectivity index (χ3n) is 5.01. The Kier molecular flexibility index (Phi) is 4.16. The Hall–Kier alpha value is -2.67. The van der Waals surface area contributed by atoms with E-state index in [0.29, 0.717) is 6.04 Å². The largest absolute Gasteiger partial charge is 0.325 e. The van der Waals surface area contributed by atoms with Crippen molar-refractivity contribution < 1.29 is 4.79 Å². The van der Waals surface area contributed by atoms with E-state index in [-0.39, 0.29) is 11.2 Å². The lowest BCUT2D eigenvalue weighted by molar-refractivity contribution is -0.115. The minimum Gasteiger partial charge on any atom is -0.325 e. The quantitative estimate of drug-likeness (QED) is 0.750. The van der Waals surface area contributed by atoms with E-state index in [0.717, 1.165) is 47.9 Å². The number of aromatic nitrogens is 4. The van der Waals surface area contributed by atoms with Crippen molar-refractivity contribution in [2.75, 3.05) is 5.32 Å². The Balaban J connectivity index is 1.43. The summed E-state index contributed by atoms with van der Waals surface area (Å²) in [5.41, 5.74) is 3.12. The second-order valence-electron chi connectivity index (χ2n) is 6.93. The number of amides is 1.